The fraction of sp³-hybridized carbons (Fsp3) is 0.138. The van der Waals surface area contributed by atoms with Crippen LogP contribution in [-0.2, 0) is 15.3 Å². The minimum absolute atomic E-state index is 0.114. The van der Waals surface area contributed by atoms with Gasteiger partial charge in [0.1, 0.15) is 17.2 Å². The molecule has 0 bridgehead atoms. The molecular weight excluding hydrogens is 585 g/mol. The maximum absolute atomic E-state index is 13.6. The highest BCUT2D eigenvalue weighted by Crippen LogP contribution is 2.44. The number of carbonyl (C=O) groups is 2. The van der Waals surface area contributed by atoms with E-state index < -0.39 is 17.7 Å². The summed E-state index contributed by atoms with van der Waals surface area (Å²) in [6.45, 7) is 3.69. The van der Waals surface area contributed by atoms with Crippen LogP contribution in [0.3, 0.4) is 0 Å². The Labute approximate surface area is 247 Å². The number of hydrogen-bond donors (Lipinski definition) is 1. The van der Waals surface area contributed by atoms with Crippen LogP contribution in [0.4, 0.5) is 9.52 Å². The number of aromatic nitrogens is 4. The Bertz CT molecular complexity index is 1870. The SMILES string of the molecule is Cc1cccn2c(C)c(C(O)=C3C(=O)C(=O)N(c4nnc(SCc5ccc(F)cc5)s4)C3c3cccc(Cl)c3)nc12. The summed E-state index contributed by atoms with van der Waals surface area (Å²) in [5.74, 6) is -1.90. The van der Waals surface area contributed by atoms with E-state index in [1.54, 1.807) is 43.3 Å². The Morgan fingerprint density at radius 1 is 1.10 bits per heavy atom. The van der Waals surface area contributed by atoms with Gasteiger partial charge in [-0.2, -0.15) is 0 Å². The molecule has 5 aromatic rings. The molecule has 1 aliphatic rings. The molecule has 41 heavy (non-hydrogen) atoms. The first-order chi connectivity index (χ1) is 19.7. The van der Waals surface area contributed by atoms with Gasteiger partial charge in [0.25, 0.3) is 5.78 Å². The van der Waals surface area contributed by atoms with Crippen molar-refractivity contribution in [3.63, 3.8) is 0 Å². The lowest BCUT2D eigenvalue weighted by molar-refractivity contribution is -0.132. The van der Waals surface area contributed by atoms with Gasteiger partial charge in [0, 0.05) is 17.0 Å². The van der Waals surface area contributed by atoms with Gasteiger partial charge in [-0.05, 0) is 60.9 Å². The zero-order valence-electron chi connectivity index (χ0n) is 21.7. The minimum atomic E-state index is -1.01. The number of hydrogen-bond acceptors (Lipinski definition) is 8. The number of halogens is 2. The van der Waals surface area contributed by atoms with Crippen LogP contribution in [0.5, 0.6) is 0 Å². The summed E-state index contributed by atoms with van der Waals surface area (Å²) < 4.78 is 15.6. The maximum Gasteiger partial charge on any atom is 0.301 e. The lowest BCUT2D eigenvalue weighted by Gasteiger charge is -2.22. The Morgan fingerprint density at radius 3 is 2.61 bits per heavy atom. The number of benzene rings is 2. The standard InChI is InChI=1S/C29H21ClFN5O3S2/c1-15-5-4-12-35-16(2)22(32-26(15)35)24(37)21-23(18-6-3-7-19(30)13-18)36(27(39)25(21)38)28-33-34-29(41-28)40-14-17-8-10-20(31)11-9-17/h3-13,23,37H,14H2,1-2H3. The van der Waals surface area contributed by atoms with Crippen LogP contribution in [0, 0.1) is 19.7 Å². The highest BCUT2D eigenvalue weighted by atomic mass is 35.5. The predicted octanol–water partition coefficient (Wildman–Crippen LogP) is 6.51. The molecule has 1 fully saturated rings. The van der Waals surface area contributed by atoms with Gasteiger partial charge in [-0.1, -0.05) is 65.0 Å². The molecule has 206 valence electrons. The van der Waals surface area contributed by atoms with Gasteiger partial charge in [0.2, 0.25) is 5.13 Å². The molecule has 1 aliphatic heterocycles. The topological polar surface area (TPSA) is 101 Å². The second-order valence-corrected chi connectivity index (χ2v) is 12.0. The summed E-state index contributed by atoms with van der Waals surface area (Å²) in [5, 5.41) is 20.6. The molecule has 0 saturated carbocycles. The number of thioether (sulfide) groups is 1. The van der Waals surface area contributed by atoms with Gasteiger partial charge in [0.15, 0.2) is 10.1 Å². The fourth-order valence-electron chi connectivity index (χ4n) is 4.78. The second kappa shape index (κ2) is 10.7. The van der Waals surface area contributed by atoms with Crippen LogP contribution >= 0.6 is 34.7 Å². The van der Waals surface area contributed by atoms with Gasteiger partial charge < -0.3 is 9.51 Å². The Hall–Kier alpha value is -4.06. The van der Waals surface area contributed by atoms with Crippen LogP contribution in [0.2, 0.25) is 5.02 Å². The highest BCUT2D eigenvalue weighted by molar-refractivity contribution is 8.00. The summed E-state index contributed by atoms with van der Waals surface area (Å²) in [5.41, 5.74) is 3.65. The number of rotatable bonds is 6. The summed E-state index contributed by atoms with van der Waals surface area (Å²) in [6, 6.07) is 15.7. The van der Waals surface area contributed by atoms with Crippen LogP contribution in [0.1, 0.15) is 34.1 Å². The van der Waals surface area contributed by atoms with E-state index in [1.807, 2.05) is 29.7 Å². The molecule has 12 heteroatoms. The van der Waals surface area contributed by atoms with E-state index in [2.05, 4.69) is 15.2 Å². The molecule has 8 nitrogen and oxygen atoms in total. The van der Waals surface area contributed by atoms with E-state index in [0.717, 1.165) is 22.5 Å². The van der Waals surface area contributed by atoms with Crippen LogP contribution < -0.4 is 4.90 Å². The van der Waals surface area contributed by atoms with E-state index in [4.69, 9.17) is 11.6 Å². The molecule has 0 radical (unpaired) electrons. The van der Waals surface area contributed by atoms with Crippen LogP contribution in [0.25, 0.3) is 11.4 Å². The van der Waals surface area contributed by atoms with Gasteiger partial charge in [-0.25, -0.2) is 9.37 Å². The minimum Gasteiger partial charge on any atom is -0.505 e. The monoisotopic (exact) mass is 605 g/mol. The smallest absolute Gasteiger partial charge is 0.301 e. The number of amides is 1. The molecule has 1 N–H and O–H groups in total. The summed E-state index contributed by atoms with van der Waals surface area (Å²) in [7, 11) is 0. The zero-order chi connectivity index (χ0) is 28.8. The molecule has 1 saturated heterocycles. The van der Waals surface area contributed by atoms with Gasteiger partial charge in [-0.15, -0.1) is 10.2 Å². The molecule has 6 rings (SSSR count). The first kappa shape index (κ1) is 27.1. The van der Waals surface area contributed by atoms with Gasteiger partial charge in [-0.3, -0.25) is 14.5 Å². The molecule has 3 aromatic heterocycles. The quantitative estimate of drug-likeness (QED) is 0.0774. The van der Waals surface area contributed by atoms with E-state index in [-0.39, 0.29) is 28.0 Å². The second-order valence-electron chi connectivity index (χ2n) is 9.42. The van der Waals surface area contributed by atoms with E-state index in [0.29, 0.717) is 32.0 Å². The lowest BCUT2D eigenvalue weighted by Crippen LogP contribution is -2.29. The number of anilines is 1. The molecular formula is C29H21ClFN5O3S2. The number of ketones is 1. The molecule has 2 aromatic carbocycles. The van der Waals surface area contributed by atoms with Crippen molar-refractivity contribution in [1.29, 1.82) is 0 Å². The van der Waals surface area contributed by atoms with Crippen molar-refractivity contribution in [3.05, 3.63) is 111 Å². The summed E-state index contributed by atoms with van der Waals surface area (Å²) in [4.78, 5) is 32.9. The normalized spacial score (nSPS) is 16.7. The Kier molecular flexibility index (Phi) is 7.10. The largest absolute Gasteiger partial charge is 0.505 e. The molecule has 1 amide bonds. The van der Waals surface area contributed by atoms with Gasteiger partial charge >= 0.3 is 5.91 Å². The Balaban J connectivity index is 1.43. The number of carbonyl (C=O) groups excluding carboxylic acids is 2. The van der Waals surface area contributed by atoms with E-state index in [9.17, 15) is 19.1 Å². The number of pyridine rings is 1. The number of imidazole rings is 1. The first-order valence-electron chi connectivity index (χ1n) is 12.4. The molecule has 1 atom stereocenters. The molecule has 0 aliphatic carbocycles. The number of aliphatic hydroxyl groups excluding tert-OH is 1. The molecule has 4 heterocycles. The summed E-state index contributed by atoms with van der Waals surface area (Å²) in [6.07, 6.45) is 1.82. The van der Waals surface area contributed by atoms with Gasteiger partial charge in [0.05, 0.1) is 17.3 Å². The first-order valence-corrected chi connectivity index (χ1v) is 14.6. The highest BCUT2D eigenvalue weighted by Gasteiger charge is 2.49. The number of Topliss-reactive ketones (excluding diaryl/α,β-unsaturated/α-hetero) is 1. The van der Waals surface area contributed by atoms with Crippen molar-refractivity contribution in [1.82, 2.24) is 19.6 Å². The number of fused-ring (bicyclic) bond motifs is 1. The zero-order valence-corrected chi connectivity index (χ0v) is 24.1. The van der Waals surface area contributed by atoms with Crippen LogP contribution in [0.15, 0.2) is 76.8 Å². The summed E-state index contributed by atoms with van der Waals surface area (Å²) >= 11 is 8.83. The van der Waals surface area contributed by atoms with Crippen molar-refractivity contribution in [2.45, 2.75) is 30.0 Å². The number of nitrogens with zero attached hydrogens (tertiary/aromatic N) is 5. The number of aryl methyl sites for hydroxylation is 2. The fourth-order valence-corrected chi connectivity index (χ4v) is 6.80. The third-order valence-electron chi connectivity index (χ3n) is 6.79. The van der Waals surface area contributed by atoms with Crippen molar-refractivity contribution in [3.8, 4) is 0 Å². The average Bonchev–Trinajstić information content (AvgIpc) is 3.63. The van der Waals surface area contributed by atoms with Crippen molar-refractivity contribution < 1.29 is 19.1 Å². The Morgan fingerprint density at radius 2 is 1.88 bits per heavy atom. The number of aliphatic hydroxyl groups is 1. The van der Waals surface area contributed by atoms with Crippen molar-refractivity contribution in [2.24, 2.45) is 0 Å². The third kappa shape index (κ3) is 4.90. The average molecular weight is 606 g/mol. The van der Waals surface area contributed by atoms with E-state index in [1.165, 1.54) is 28.8 Å². The molecule has 0 spiro atoms. The maximum atomic E-state index is 13.6. The predicted molar refractivity (Wildman–Crippen MR) is 157 cm³/mol. The molecule has 1 unspecified atom stereocenters. The van der Waals surface area contributed by atoms with E-state index >= 15 is 0 Å². The third-order valence-corrected chi connectivity index (χ3v) is 9.16. The van der Waals surface area contributed by atoms with Crippen molar-refractivity contribution >= 4 is 62.9 Å². The van der Waals surface area contributed by atoms with Crippen LogP contribution in [-0.4, -0.2) is 36.4 Å². The lowest BCUT2D eigenvalue weighted by atomic mass is 9.96. The van der Waals surface area contributed by atoms with Crippen molar-refractivity contribution in [2.75, 3.05) is 4.90 Å².